The van der Waals surface area contributed by atoms with E-state index in [0.29, 0.717) is 11.4 Å². The van der Waals surface area contributed by atoms with Crippen LogP contribution in [0.4, 0.5) is 17.1 Å². The van der Waals surface area contributed by atoms with Gasteiger partial charge in [-0.15, -0.1) is 0 Å². The molecule has 0 aliphatic carbocycles. The first-order valence-corrected chi connectivity index (χ1v) is 12.3. The summed E-state index contributed by atoms with van der Waals surface area (Å²) in [5.74, 6) is -0.378. The molecule has 0 spiro atoms. The third kappa shape index (κ3) is 5.77. The van der Waals surface area contributed by atoms with Crippen molar-refractivity contribution in [3.8, 4) is 0 Å². The van der Waals surface area contributed by atoms with Gasteiger partial charge in [-0.3, -0.25) is 9.10 Å². The van der Waals surface area contributed by atoms with Crippen molar-refractivity contribution in [3.63, 3.8) is 0 Å². The van der Waals surface area contributed by atoms with Gasteiger partial charge in [0.15, 0.2) is 0 Å². The molecule has 1 aliphatic heterocycles. The Labute approximate surface area is 185 Å². The van der Waals surface area contributed by atoms with Gasteiger partial charge in [-0.05, 0) is 75.3 Å². The first-order valence-electron chi connectivity index (χ1n) is 10.5. The van der Waals surface area contributed by atoms with Crippen molar-refractivity contribution in [2.24, 2.45) is 0 Å². The van der Waals surface area contributed by atoms with E-state index in [9.17, 15) is 13.2 Å². The van der Waals surface area contributed by atoms with Gasteiger partial charge in [-0.1, -0.05) is 6.07 Å². The number of hydrogen-bond acceptors (Lipinski definition) is 5. The first-order chi connectivity index (χ1) is 14.5. The fraction of sp³-hybridized carbons (Fsp3) is 0.435. The molecule has 0 aromatic heterocycles. The van der Waals surface area contributed by atoms with E-state index in [4.69, 9.17) is 0 Å². The number of aryl methyl sites for hydroxylation is 2. The molecule has 1 aliphatic rings. The molecule has 1 atom stereocenters. The fourth-order valence-electron chi connectivity index (χ4n) is 3.95. The van der Waals surface area contributed by atoms with Crippen molar-refractivity contribution < 1.29 is 13.2 Å². The molecule has 0 bridgehead atoms. The van der Waals surface area contributed by atoms with Crippen molar-refractivity contribution >= 4 is 33.0 Å². The van der Waals surface area contributed by atoms with E-state index < -0.39 is 16.1 Å². The minimum Gasteiger partial charge on any atom is -0.369 e. The standard InChI is InChI=1S/C23H32N4O3S/c1-17-14-18(2)16-22(15-17)27(31(5,29)30)19(3)23(28)24-20-6-8-21(9-7-20)26-12-10-25(4)11-13-26/h6-9,14-16,19H,10-13H2,1-5H3,(H,24,28)/t19-/m1/s1. The van der Waals surface area contributed by atoms with Crippen LogP contribution < -0.4 is 14.5 Å². The van der Waals surface area contributed by atoms with Gasteiger partial charge in [0.25, 0.3) is 0 Å². The van der Waals surface area contributed by atoms with Gasteiger partial charge in [-0.2, -0.15) is 0 Å². The van der Waals surface area contributed by atoms with E-state index in [1.54, 1.807) is 19.1 Å². The third-order valence-corrected chi connectivity index (χ3v) is 6.79. The van der Waals surface area contributed by atoms with Gasteiger partial charge in [-0.25, -0.2) is 8.42 Å². The largest absolute Gasteiger partial charge is 0.369 e. The molecule has 31 heavy (non-hydrogen) atoms. The van der Waals surface area contributed by atoms with Crippen molar-refractivity contribution in [2.75, 3.05) is 54.0 Å². The maximum Gasteiger partial charge on any atom is 0.247 e. The molecule has 0 saturated carbocycles. The predicted molar refractivity (Wildman–Crippen MR) is 127 cm³/mol. The first kappa shape index (κ1) is 23.1. The van der Waals surface area contributed by atoms with Gasteiger partial charge in [0, 0.05) is 37.6 Å². The van der Waals surface area contributed by atoms with Crippen LogP contribution in [0.5, 0.6) is 0 Å². The van der Waals surface area contributed by atoms with E-state index in [2.05, 4.69) is 22.2 Å². The van der Waals surface area contributed by atoms with Crippen LogP contribution in [-0.4, -0.2) is 64.7 Å². The number of sulfonamides is 1. The number of anilines is 3. The highest BCUT2D eigenvalue weighted by atomic mass is 32.2. The van der Waals surface area contributed by atoms with E-state index in [1.807, 2.05) is 44.2 Å². The molecule has 0 unspecified atom stereocenters. The SMILES string of the molecule is Cc1cc(C)cc(N([C@H](C)C(=O)Nc2ccc(N3CCN(C)CC3)cc2)S(C)(=O)=O)c1. The lowest BCUT2D eigenvalue weighted by molar-refractivity contribution is -0.116. The van der Waals surface area contributed by atoms with Crippen molar-refractivity contribution in [1.29, 1.82) is 0 Å². The van der Waals surface area contributed by atoms with Gasteiger partial charge in [0.2, 0.25) is 15.9 Å². The van der Waals surface area contributed by atoms with Gasteiger partial charge < -0.3 is 15.1 Å². The quantitative estimate of drug-likeness (QED) is 0.742. The van der Waals surface area contributed by atoms with Crippen molar-refractivity contribution in [1.82, 2.24) is 4.90 Å². The number of hydrogen-bond donors (Lipinski definition) is 1. The number of likely N-dealkylation sites (N-methyl/N-ethyl adjacent to an activating group) is 1. The summed E-state index contributed by atoms with van der Waals surface area (Å²) in [6, 6.07) is 12.3. The smallest absolute Gasteiger partial charge is 0.247 e. The molecule has 8 heteroatoms. The van der Waals surface area contributed by atoms with E-state index >= 15 is 0 Å². The summed E-state index contributed by atoms with van der Waals surface area (Å²) in [7, 11) is -1.53. The normalized spacial score (nSPS) is 16.1. The number of piperazine rings is 1. The molecular formula is C23H32N4O3S. The molecule has 1 amide bonds. The summed E-state index contributed by atoms with van der Waals surface area (Å²) in [5.41, 5.74) is 4.13. The number of nitrogens with zero attached hydrogens (tertiary/aromatic N) is 3. The predicted octanol–water partition coefficient (Wildman–Crippen LogP) is 2.85. The molecule has 1 saturated heterocycles. The molecule has 1 N–H and O–H groups in total. The van der Waals surface area contributed by atoms with Crippen molar-refractivity contribution in [2.45, 2.75) is 26.8 Å². The monoisotopic (exact) mass is 444 g/mol. The highest BCUT2D eigenvalue weighted by Gasteiger charge is 2.29. The van der Waals surface area contributed by atoms with Crippen LogP contribution in [0.1, 0.15) is 18.1 Å². The van der Waals surface area contributed by atoms with Gasteiger partial charge in [0.1, 0.15) is 6.04 Å². The Balaban J connectivity index is 1.74. The fourth-order valence-corrected chi connectivity index (χ4v) is 5.11. The number of carbonyl (C=O) groups excluding carboxylic acids is 1. The zero-order valence-corrected chi connectivity index (χ0v) is 19.7. The lowest BCUT2D eigenvalue weighted by atomic mass is 10.1. The number of nitrogens with one attached hydrogen (secondary N) is 1. The maximum atomic E-state index is 12.9. The summed E-state index contributed by atoms with van der Waals surface area (Å²) >= 11 is 0. The molecule has 1 fully saturated rings. The van der Waals surface area contributed by atoms with Crippen LogP contribution in [0.2, 0.25) is 0 Å². The second kappa shape index (κ2) is 9.28. The zero-order valence-electron chi connectivity index (χ0n) is 18.9. The maximum absolute atomic E-state index is 12.9. The van der Waals surface area contributed by atoms with Crippen LogP contribution in [0.25, 0.3) is 0 Å². The molecule has 2 aromatic rings. The topological polar surface area (TPSA) is 73.0 Å². The Morgan fingerprint density at radius 1 is 1.00 bits per heavy atom. The summed E-state index contributed by atoms with van der Waals surface area (Å²) in [4.78, 5) is 17.6. The van der Waals surface area contributed by atoms with Crippen LogP contribution in [0.15, 0.2) is 42.5 Å². The summed E-state index contributed by atoms with van der Waals surface area (Å²) in [6.45, 7) is 9.41. The highest BCUT2D eigenvalue weighted by Crippen LogP contribution is 2.25. The molecule has 0 radical (unpaired) electrons. The lowest BCUT2D eigenvalue weighted by Crippen LogP contribution is -2.45. The molecular weight excluding hydrogens is 412 g/mol. The van der Waals surface area contributed by atoms with Crippen LogP contribution in [-0.2, 0) is 14.8 Å². The minimum atomic E-state index is -3.65. The Morgan fingerprint density at radius 3 is 2.06 bits per heavy atom. The number of amides is 1. The van der Waals surface area contributed by atoms with Crippen LogP contribution >= 0.6 is 0 Å². The average molecular weight is 445 g/mol. The Bertz CT molecular complexity index is 1010. The molecule has 7 nitrogen and oxygen atoms in total. The van der Waals surface area contributed by atoms with Gasteiger partial charge in [0.05, 0.1) is 11.9 Å². The third-order valence-electron chi connectivity index (χ3n) is 5.55. The second-order valence-electron chi connectivity index (χ2n) is 8.41. The molecule has 2 aromatic carbocycles. The van der Waals surface area contributed by atoms with Gasteiger partial charge >= 0.3 is 0 Å². The Hall–Kier alpha value is -2.58. The zero-order chi connectivity index (χ0) is 22.8. The lowest BCUT2D eigenvalue weighted by Gasteiger charge is -2.34. The molecule has 168 valence electrons. The number of carbonyl (C=O) groups is 1. The summed E-state index contributed by atoms with van der Waals surface area (Å²) in [5, 5.41) is 2.86. The van der Waals surface area contributed by atoms with E-state index in [-0.39, 0.29) is 5.91 Å². The second-order valence-corrected chi connectivity index (χ2v) is 10.3. The Morgan fingerprint density at radius 2 is 1.55 bits per heavy atom. The number of rotatable bonds is 6. The summed E-state index contributed by atoms with van der Waals surface area (Å²) < 4.78 is 26.2. The van der Waals surface area contributed by atoms with Crippen molar-refractivity contribution in [3.05, 3.63) is 53.6 Å². The van der Waals surface area contributed by atoms with Crippen LogP contribution in [0.3, 0.4) is 0 Å². The Kier molecular flexibility index (Phi) is 6.91. The number of benzene rings is 2. The summed E-state index contributed by atoms with van der Waals surface area (Å²) in [6.07, 6.45) is 1.12. The molecule has 3 rings (SSSR count). The van der Waals surface area contributed by atoms with E-state index in [0.717, 1.165) is 49.2 Å². The molecule has 1 heterocycles. The highest BCUT2D eigenvalue weighted by molar-refractivity contribution is 7.92. The minimum absolute atomic E-state index is 0.378. The average Bonchev–Trinajstić information content (AvgIpc) is 2.67. The van der Waals surface area contributed by atoms with E-state index in [1.165, 1.54) is 4.31 Å². The van der Waals surface area contributed by atoms with Crippen LogP contribution in [0, 0.1) is 13.8 Å².